The summed E-state index contributed by atoms with van der Waals surface area (Å²) in [4.78, 5) is 180. The number of aliphatic hydroxyl groups excluding tert-OH is 1. The SMILES string of the molecule is CC[C@H]1CC(=O)[C@@H]([C@H](O)[C@H](C)Cc2nccn2CCN2CCOCC2)N(C)C(=O)[C@@H](C(C)C)N(C)C(=O)[C@@H](CC(C)C)N(C)C(=O)[C@@H](CC(C)C)N(C)C(=O)[C@H](C)NC(=O)[C@@H](C)CC(=O)[C@@H](CC(C)C)N(C)C(=O)[C@@H](C(C)C)CC(=O)[C@H](CC(C)C)N(C)C(=O)[C@@H](C)N(C)C1=O. The molecule has 0 bridgehead atoms. The Hall–Kier alpha value is -6.14. The van der Waals surface area contributed by atoms with Crippen molar-refractivity contribution in [3.8, 4) is 0 Å². The van der Waals surface area contributed by atoms with Gasteiger partial charge >= 0.3 is 0 Å². The molecule has 0 aliphatic carbocycles. The molecule has 2 saturated heterocycles. The maximum absolute atomic E-state index is 15.6. The fraction of sp³-hybridized carbons (Fsp3) is 0.806. The van der Waals surface area contributed by atoms with Crippen molar-refractivity contribution < 1.29 is 62.6 Å². The zero-order valence-corrected chi connectivity index (χ0v) is 63.0. The van der Waals surface area contributed by atoms with Crippen LogP contribution in [0.1, 0.15) is 175 Å². The number of imidazole rings is 1. The molecule has 1 aromatic heterocycles. The van der Waals surface area contributed by atoms with Crippen LogP contribution in [0.5, 0.6) is 0 Å². The van der Waals surface area contributed by atoms with E-state index in [0.29, 0.717) is 25.6 Å². The molecule has 2 aliphatic rings. The first-order chi connectivity index (χ1) is 44.6. The highest BCUT2D eigenvalue weighted by atomic mass is 16.5. The van der Waals surface area contributed by atoms with Crippen LogP contribution in [0.4, 0.5) is 0 Å². The number of nitrogens with one attached hydrogen (secondary N) is 1. The van der Waals surface area contributed by atoms with E-state index in [9.17, 15) is 38.7 Å². The van der Waals surface area contributed by atoms with Crippen LogP contribution in [-0.2, 0) is 70.4 Å². The van der Waals surface area contributed by atoms with Crippen LogP contribution in [0.15, 0.2) is 12.4 Å². The van der Waals surface area contributed by atoms with Gasteiger partial charge in [-0.25, -0.2) is 4.98 Å². The van der Waals surface area contributed by atoms with E-state index in [0.717, 1.165) is 19.6 Å². The molecular formula is C72H125N11O13. The molecule has 0 radical (unpaired) electrons. The van der Waals surface area contributed by atoms with E-state index in [-0.39, 0.29) is 75.0 Å². The predicted octanol–water partition coefficient (Wildman–Crippen LogP) is 5.73. The molecule has 1 aromatic rings. The second kappa shape index (κ2) is 38.3. The standard InChI is InChI=1S/C72H125N11O13/c1-25-52-40-60(86)63(64(87)48(14)39-61-73-26-27-83(61)29-28-82-30-32-96-33-31-82)81(24)72(95)62(47(12)13)80(23)71(94)57(37-45(8)9)79(22)70(93)56(36-44(6)7)78(21)66(89)50(16)74-65(88)49(15)38-58(84)54(34-42(2)3)77(20)69(92)53(46(10)11)41-59(85)55(35-43(4)5)76(19)67(90)51(17)75(18)68(52)91/h26-27,42-57,62-64,87H,25,28-41H2,1-24H3,(H,74,88)/t48-,49+,50+,51-,52+,53-,54-,55+,56-,57-,62-,63+,64-/m1/s1. The van der Waals surface area contributed by atoms with E-state index in [1.165, 1.54) is 90.6 Å². The van der Waals surface area contributed by atoms with Crippen molar-refractivity contribution in [3.63, 3.8) is 0 Å². The topological polar surface area (TPSA) is 273 Å². The van der Waals surface area contributed by atoms with Crippen LogP contribution in [0, 0.1) is 59.2 Å². The summed E-state index contributed by atoms with van der Waals surface area (Å²) in [7, 11) is 10.3. The number of Topliss-reactive ketones (excluding diaryl/α,β-unsaturated/α-hetero) is 3. The molecule has 3 rings (SSSR count). The quantitative estimate of drug-likeness (QED) is 0.178. The number of ether oxygens (including phenoxy) is 1. The van der Waals surface area contributed by atoms with Crippen molar-refractivity contribution in [2.45, 2.75) is 236 Å². The molecule has 0 aromatic carbocycles. The normalized spacial score (nSPS) is 27.3. The summed E-state index contributed by atoms with van der Waals surface area (Å²) in [6, 6.07) is -9.50. The lowest BCUT2D eigenvalue weighted by Crippen LogP contribution is -2.62. The second-order valence-corrected chi connectivity index (χ2v) is 30.3. The van der Waals surface area contributed by atoms with Gasteiger partial charge in [-0.1, -0.05) is 104 Å². The molecule has 24 heteroatoms. The molecule has 2 aliphatic heterocycles. The third-order valence-corrected chi connectivity index (χ3v) is 19.9. The number of ketones is 3. The first kappa shape index (κ1) is 84.1. The minimum absolute atomic E-state index is 0.0762. The Balaban J connectivity index is 2.33. The molecule has 13 atom stereocenters. The van der Waals surface area contributed by atoms with Crippen molar-refractivity contribution in [1.29, 1.82) is 0 Å². The van der Waals surface area contributed by atoms with Crippen LogP contribution in [0.3, 0.4) is 0 Å². The van der Waals surface area contributed by atoms with Gasteiger partial charge in [-0.2, -0.15) is 0 Å². The number of hydrogen-bond donors (Lipinski definition) is 2. The van der Waals surface area contributed by atoms with Gasteiger partial charge in [0.25, 0.3) is 0 Å². The Bertz CT molecular complexity index is 2780. The van der Waals surface area contributed by atoms with Crippen LogP contribution >= 0.6 is 0 Å². The summed E-state index contributed by atoms with van der Waals surface area (Å²) < 4.78 is 7.55. The van der Waals surface area contributed by atoms with Crippen molar-refractivity contribution in [2.24, 2.45) is 59.2 Å². The molecule has 96 heavy (non-hydrogen) atoms. The summed E-state index contributed by atoms with van der Waals surface area (Å²) in [5.74, 6) is -10.6. The Kier molecular flexibility index (Phi) is 33.5. The average Bonchev–Trinajstić information content (AvgIpc) is 0.884. The van der Waals surface area contributed by atoms with E-state index < -0.39 is 161 Å². The van der Waals surface area contributed by atoms with Crippen LogP contribution < -0.4 is 5.32 Å². The van der Waals surface area contributed by atoms with Gasteiger partial charge in [-0.3, -0.25) is 57.6 Å². The average molecular weight is 1350 g/mol. The molecule has 2 N–H and O–H groups in total. The lowest BCUT2D eigenvalue weighted by Gasteiger charge is -2.41. The van der Waals surface area contributed by atoms with Gasteiger partial charge in [0.15, 0.2) is 17.3 Å². The highest BCUT2D eigenvalue weighted by Gasteiger charge is 2.46. The summed E-state index contributed by atoms with van der Waals surface area (Å²) in [5.41, 5.74) is 0. The predicted molar refractivity (Wildman–Crippen MR) is 370 cm³/mol. The summed E-state index contributed by atoms with van der Waals surface area (Å²) >= 11 is 0. The summed E-state index contributed by atoms with van der Waals surface area (Å²) in [6.45, 7) is 34.6. The van der Waals surface area contributed by atoms with Gasteiger partial charge in [0.05, 0.1) is 31.4 Å². The Labute approximate surface area is 575 Å². The lowest BCUT2D eigenvalue weighted by atomic mass is 9.84. The minimum Gasteiger partial charge on any atom is -0.390 e. The molecule has 2 fully saturated rings. The number of carbonyl (C=O) groups is 11. The summed E-state index contributed by atoms with van der Waals surface area (Å²) in [5, 5.41) is 15.5. The minimum atomic E-state index is -1.58. The van der Waals surface area contributed by atoms with E-state index in [1.807, 2.05) is 80.0 Å². The first-order valence-corrected chi connectivity index (χ1v) is 35.4. The third-order valence-electron chi connectivity index (χ3n) is 19.9. The molecule has 3 heterocycles. The van der Waals surface area contributed by atoms with Gasteiger partial charge in [0.2, 0.25) is 47.3 Å². The zero-order valence-electron chi connectivity index (χ0n) is 63.0. The van der Waals surface area contributed by atoms with Crippen LogP contribution in [0.25, 0.3) is 0 Å². The number of amides is 8. The van der Waals surface area contributed by atoms with Crippen molar-refractivity contribution in [2.75, 3.05) is 82.2 Å². The number of aromatic nitrogens is 2. The maximum atomic E-state index is 15.6. The third kappa shape index (κ3) is 22.7. The van der Waals surface area contributed by atoms with Crippen molar-refractivity contribution >= 4 is 64.6 Å². The largest absolute Gasteiger partial charge is 0.390 e. The molecule has 0 saturated carbocycles. The number of likely N-dealkylation sites (N-methyl/N-ethyl adjacent to an activating group) is 7. The Morgan fingerprint density at radius 2 is 0.969 bits per heavy atom. The molecule has 0 unspecified atom stereocenters. The van der Waals surface area contributed by atoms with Crippen LogP contribution in [-0.4, -0.2) is 255 Å². The van der Waals surface area contributed by atoms with Gasteiger partial charge in [0, 0.05) is 131 Å². The first-order valence-electron chi connectivity index (χ1n) is 35.4. The Morgan fingerprint density at radius 3 is 1.46 bits per heavy atom. The smallest absolute Gasteiger partial charge is 0.246 e. The maximum Gasteiger partial charge on any atom is 0.246 e. The monoisotopic (exact) mass is 1350 g/mol. The lowest BCUT2D eigenvalue weighted by molar-refractivity contribution is -0.157. The summed E-state index contributed by atoms with van der Waals surface area (Å²) in [6.07, 6.45) is 2.05. The number of morpholine rings is 1. The number of rotatable bonds is 18. The molecule has 24 nitrogen and oxygen atoms in total. The van der Waals surface area contributed by atoms with E-state index >= 15 is 19.2 Å². The second-order valence-electron chi connectivity index (χ2n) is 30.3. The fourth-order valence-corrected chi connectivity index (χ4v) is 13.5. The molecule has 0 spiro atoms. The van der Waals surface area contributed by atoms with Crippen LogP contribution in [0.2, 0.25) is 0 Å². The Morgan fingerprint density at radius 1 is 0.510 bits per heavy atom. The van der Waals surface area contributed by atoms with Gasteiger partial charge in [-0.05, 0) is 87.4 Å². The van der Waals surface area contributed by atoms with Crippen molar-refractivity contribution in [1.82, 2.24) is 54.1 Å². The van der Waals surface area contributed by atoms with Gasteiger partial charge in [0.1, 0.15) is 42.1 Å². The zero-order chi connectivity index (χ0) is 73.2. The number of aliphatic hydroxyl groups is 1. The van der Waals surface area contributed by atoms with Crippen molar-refractivity contribution in [3.05, 3.63) is 18.2 Å². The van der Waals surface area contributed by atoms with Gasteiger partial charge in [-0.15, -0.1) is 0 Å². The van der Waals surface area contributed by atoms with E-state index in [4.69, 9.17) is 4.74 Å². The molecular weight excluding hydrogens is 1230 g/mol. The number of carbonyl (C=O) groups excluding carboxylic acids is 11. The van der Waals surface area contributed by atoms with E-state index in [1.54, 1.807) is 47.7 Å². The molecule has 546 valence electrons. The van der Waals surface area contributed by atoms with Gasteiger partial charge < -0.3 is 54.0 Å². The van der Waals surface area contributed by atoms with E-state index in [2.05, 4.69) is 15.2 Å². The fourth-order valence-electron chi connectivity index (χ4n) is 13.5. The highest BCUT2D eigenvalue weighted by Crippen LogP contribution is 2.30. The molecule has 8 amide bonds. The number of hydrogen-bond acceptors (Lipinski definition) is 15. The number of nitrogens with zero attached hydrogens (tertiary/aromatic N) is 10. The highest BCUT2D eigenvalue weighted by molar-refractivity contribution is 6.00.